The van der Waals surface area contributed by atoms with Gasteiger partial charge in [0.25, 0.3) is 0 Å². The quantitative estimate of drug-likeness (QED) is 0.592. The second kappa shape index (κ2) is 9.50. The van der Waals surface area contributed by atoms with Crippen molar-refractivity contribution >= 4 is 33.4 Å². The third kappa shape index (κ3) is 6.17. The van der Waals surface area contributed by atoms with Gasteiger partial charge in [-0.2, -0.15) is 4.31 Å². The van der Waals surface area contributed by atoms with E-state index in [0.29, 0.717) is 24.4 Å². The zero-order valence-electron chi connectivity index (χ0n) is 15.0. The Kier molecular flexibility index (Phi) is 7.60. The van der Waals surface area contributed by atoms with Crippen LogP contribution < -0.4 is 10.6 Å². The van der Waals surface area contributed by atoms with E-state index in [-0.39, 0.29) is 30.4 Å². The van der Waals surface area contributed by atoms with Crippen LogP contribution in [-0.2, 0) is 19.6 Å². The molecule has 1 fully saturated rings. The molecule has 0 unspecified atom stereocenters. The van der Waals surface area contributed by atoms with Gasteiger partial charge in [-0.25, -0.2) is 8.42 Å². The first-order chi connectivity index (χ1) is 12.7. The third-order valence-corrected chi connectivity index (χ3v) is 6.36. The van der Waals surface area contributed by atoms with Crippen LogP contribution in [-0.4, -0.2) is 61.9 Å². The summed E-state index contributed by atoms with van der Waals surface area (Å²) in [7, 11) is -3.71. The van der Waals surface area contributed by atoms with Crippen LogP contribution in [0.3, 0.4) is 0 Å². The molecule has 1 saturated heterocycles. The average Bonchev–Trinajstić information content (AvgIpc) is 2.64. The van der Waals surface area contributed by atoms with Gasteiger partial charge in [0.2, 0.25) is 21.8 Å². The lowest BCUT2D eigenvalue weighted by molar-refractivity contribution is -0.129. The molecule has 0 spiro atoms. The fraction of sp³-hybridized carbons (Fsp3) is 0.529. The van der Waals surface area contributed by atoms with Crippen LogP contribution in [0.4, 0.5) is 0 Å². The van der Waals surface area contributed by atoms with Gasteiger partial charge in [-0.3, -0.25) is 9.59 Å². The van der Waals surface area contributed by atoms with Crippen molar-refractivity contribution in [2.75, 3.05) is 26.2 Å². The molecule has 1 aromatic carbocycles. The Morgan fingerprint density at radius 2 is 1.96 bits per heavy atom. The molecule has 3 N–H and O–H groups in total. The molecule has 2 amide bonds. The Morgan fingerprint density at radius 3 is 2.59 bits per heavy atom. The van der Waals surface area contributed by atoms with E-state index in [4.69, 9.17) is 16.7 Å². The monoisotopic (exact) mass is 417 g/mol. The topological polar surface area (TPSA) is 116 Å². The lowest BCUT2D eigenvalue weighted by Crippen LogP contribution is -2.47. The van der Waals surface area contributed by atoms with E-state index in [2.05, 4.69) is 10.6 Å². The predicted octanol–water partition coefficient (Wildman–Crippen LogP) is 0.354. The number of piperidine rings is 1. The number of carbonyl (C=O) groups excluding carboxylic acids is 2. The average molecular weight is 418 g/mol. The summed E-state index contributed by atoms with van der Waals surface area (Å²) in [6, 6.07) is 5.89. The van der Waals surface area contributed by atoms with Crippen LogP contribution in [0.1, 0.15) is 19.8 Å². The fourth-order valence-electron chi connectivity index (χ4n) is 2.77. The van der Waals surface area contributed by atoms with Crippen LogP contribution in [0.15, 0.2) is 29.2 Å². The minimum atomic E-state index is -3.71. The number of benzene rings is 1. The van der Waals surface area contributed by atoms with E-state index < -0.39 is 28.0 Å². The Labute approximate surface area is 163 Å². The lowest BCUT2D eigenvalue weighted by atomic mass is 9.99. The summed E-state index contributed by atoms with van der Waals surface area (Å²) in [4.78, 5) is 24.1. The van der Waals surface area contributed by atoms with Gasteiger partial charge in [-0.15, -0.1) is 0 Å². The van der Waals surface area contributed by atoms with Crippen LogP contribution in [0.25, 0.3) is 0 Å². The maximum Gasteiger partial charge on any atom is 0.243 e. The van der Waals surface area contributed by atoms with Crippen molar-refractivity contribution in [2.45, 2.75) is 30.8 Å². The highest BCUT2D eigenvalue weighted by atomic mass is 35.5. The van der Waals surface area contributed by atoms with E-state index >= 15 is 0 Å². The van der Waals surface area contributed by atoms with Crippen molar-refractivity contribution in [3.05, 3.63) is 29.3 Å². The molecule has 1 aliphatic rings. The Balaban J connectivity index is 1.93. The van der Waals surface area contributed by atoms with E-state index in [1.165, 1.54) is 35.5 Å². The summed E-state index contributed by atoms with van der Waals surface area (Å²) in [6.07, 6.45) is 0.432. The molecule has 0 bridgehead atoms. The van der Waals surface area contributed by atoms with Crippen molar-refractivity contribution in [1.29, 1.82) is 0 Å². The first-order valence-corrected chi connectivity index (χ1v) is 10.5. The van der Waals surface area contributed by atoms with Crippen molar-refractivity contribution in [3.8, 4) is 0 Å². The van der Waals surface area contributed by atoms with Gasteiger partial charge in [0.05, 0.1) is 23.5 Å². The molecule has 0 aromatic heterocycles. The van der Waals surface area contributed by atoms with E-state index in [1.54, 1.807) is 0 Å². The SMILES string of the molecule is C[C@@H](O)CNC(=O)CNC(=O)[C@H]1CCCN(S(=O)(=O)c2ccc(Cl)cc2)C1. The molecule has 2 atom stereocenters. The van der Waals surface area contributed by atoms with Crippen LogP contribution in [0.2, 0.25) is 5.02 Å². The molecular formula is C17H24ClN3O5S. The first-order valence-electron chi connectivity index (χ1n) is 8.68. The highest BCUT2D eigenvalue weighted by molar-refractivity contribution is 7.89. The minimum Gasteiger partial charge on any atom is -0.392 e. The molecule has 10 heteroatoms. The van der Waals surface area contributed by atoms with E-state index in [0.717, 1.165) is 0 Å². The zero-order chi connectivity index (χ0) is 20.0. The summed E-state index contributed by atoms with van der Waals surface area (Å²) in [5, 5.41) is 14.6. The number of nitrogens with zero attached hydrogens (tertiary/aromatic N) is 1. The number of hydrogen-bond donors (Lipinski definition) is 3. The van der Waals surface area contributed by atoms with Gasteiger partial charge in [0, 0.05) is 24.7 Å². The maximum absolute atomic E-state index is 12.7. The number of carbonyl (C=O) groups is 2. The molecule has 0 saturated carbocycles. The number of rotatable bonds is 7. The van der Waals surface area contributed by atoms with E-state index in [1.807, 2.05) is 0 Å². The fourth-order valence-corrected chi connectivity index (χ4v) is 4.42. The minimum absolute atomic E-state index is 0.0616. The summed E-state index contributed by atoms with van der Waals surface area (Å²) >= 11 is 5.80. The molecule has 8 nitrogen and oxygen atoms in total. The third-order valence-electron chi connectivity index (χ3n) is 4.22. The van der Waals surface area contributed by atoms with Gasteiger partial charge in [-0.05, 0) is 44.0 Å². The predicted molar refractivity (Wildman–Crippen MR) is 101 cm³/mol. The van der Waals surface area contributed by atoms with Crippen molar-refractivity contribution in [1.82, 2.24) is 14.9 Å². The highest BCUT2D eigenvalue weighted by Gasteiger charge is 2.33. The van der Waals surface area contributed by atoms with Crippen LogP contribution in [0, 0.1) is 5.92 Å². The number of aliphatic hydroxyl groups excluding tert-OH is 1. The molecule has 0 radical (unpaired) electrons. The number of amides is 2. The smallest absolute Gasteiger partial charge is 0.243 e. The molecule has 27 heavy (non-hydrogen) atoms. The van der Waals surface area contributed by atoms with Crippen molar-refractivity contribution in [3.63, 3.8) is 0 Å². The standard InChI is InChI=1S/C17H24ClN3O5S/c1-12(22)9-19-16(23)10-20-17(24)13-3-2-8-21(11-13)27(25,26)15-6-4-14(18)5-7-15/h4-7,12-13,22H,2-3,8-11H2,1H3,(H,19,23)(H,20,24)/t12-,13+/m1/s1. The van der Waals surface area contributed by atoms with Gasteiger partial charge < -0.3 is 15.7 Å². The summed E-state index contributed by atoms with van der Waals surface area (Å²) in [5.74, 6) is -1.30. The summed E-state index contributed by atoms with van der Waals surface area (Å²) in [5.41, 5.74) is 0. The number of halogens is 1. The first kappa shape index (κ1) is 21.6. The molecule has 1 aliphatic heterocycles. The lowest BCUT2D eigenvalue weighted by Gasteiger charge is -2.31. The van der Waals surface area contributed by atoms with Gasteiger partial charge in [0.15, 0.2) is 0 Å². The van der Waals surface area contributed by atoms with Crippen molar-refractivity contribution < 1.29 is 23.1 Å². The van der Waals surface area contributed by atoms with Gasteiger partial charge in [0.1, 0.15) is 0 Å². The molecule has 150 valence electrons. The van der Waals surface area contributed by atoms with Crippen LogP contribution >= 0.6 is 11.6 Å². The molecule has 1 aromatic rings. The number of aliphatic hydroxyl groups is 1. The van der Waals surface area contributed by atoms with Gasteiger partial charge in [-0.1, -0.05) is 11.6 Å². The van der Waals surface area contributed by atoms with E-state index in [9.17, 15) is 18.0 Å². The highest BCUT2D eigenvalue weighted by Crippen LogP contribution is 2.24. The van der Waals surface area contributed by atoms with Gasteiger partial charge >= 0.3 is 0 Å². The zero-order valence-corrected chi connectivity index (χ0v) is 16.6. The normalized spacial score (nSPS) is 19.3. The molecule has 1 heterocycles. The second-order valence-corrected chi connectivity index (χ2v) is 8.90. The maximum atomic E-state index is 12.7. The number of nitrogens with one attached hydrogen (secondary N) is 2. The molecular weight excluding hydrogens is 394 g/mol. The summed E-state index contributed by atoms with van der Waals surface area (Å²) in [6.45, 7) is 1.82. The number of sulfonamides is 1. The van der Waals surface area contributed by atoms with Crippen molar-refractivity contribution in [2.24, 2.45) is 5.92 Å². The Bertz CT molecular complexity index is 767. The largest absolute Gasteiger partial charge is 0.392 e. The number of hydrogen-bond acceptors (Lipinski definition) is 5. The van der Waals surface area contributed by atoms with Crippen LogP contribution in [0.5, 0.6) is 0 Å². The Morgan fingerprint density at radius 1 is 1.30 bits per heavy atom. The molecule has 2 rings (SSSR count). The summed E-state index contributed by atoms with van der Waals surface area (Å²) < 4.78 is 26.8. The molecule has 0 aliphatic carbocycles. The Hall–Kier alpha value is -1.68. The second-order valence-electron chi connectivity index (χ2n) is 6.53.